The number of likely N-dealkylation sites (tertiary alicyclic amines) is 1. The van der Waals surface area contributed by atoms with Crippen molar-refractivity contribution in [1.82, 2.24) is 14.9 Å². The Morgan fingerprint density at radius 1 is 1.06 bits per heavy atom. The first-order chi connectivity index (χ1) is 14.9. The van der Waals surface area contributed by atoms with Crippen LogP contribution in [0.5, 0.6) is 5.88 Å². The van der Waals surface area contributed by atoms with Gasteiger partial charge in [-0.2, -0.15) is 13.2 Å². The third kappa shape index (κ3) is 5.36. The van der Waals surface area contributed by atoms with E-state index < -0.39 is 11.7 Å². The summed E-state index contributed by atoms with van der Waals surface area (Å²) >= 11 is 0. The molecular weight excluding hydrogens is 411 g/mol. The predicted molar refractivity (Wildman–Crippen MR) is 109 cm³/mol. The number of ether oxygens (including phenoxy) is 1. The van der Waals surface area contributed by atoms with Crippen LogP contribution in [0.1, 0.15) is 31.2 Å². The second kappa shape index (κ2) is 8.99. The van der Waals surface area contributed by atoms with E-state index >= 15 is 0 Å². The molecule has 31 heavy (non-hydrogen) atoms. The molecule has 4 rings (SSSR count). The fourth-order valence-electron chi connectivity index (χ4n) is 3.81. The molecule has 2 saturated heterocycles. The van der Waals surface area contributed by atoms with Crippen LogP contribution in [0.3, 0.4) is 0 Å². The zero-order valence-electron chi connectivity index (χ0n) is 16.9. The molecule has 1 aromatic carbocycles. The molecule has 1 unspecified atom stereocenters. The van der Waals surface area contributed by atoms with E-state index in [1.165, 1.54) is 24.9 Å². The molecule has 0 radical (unpaired) electrons. The lowest BCUT2D eigenvalue weighted by Crippen LogP contribution is -2.34. The second-order valence-electron chi connectivity index (χ2n) is 7.74. The highest BCUT2D eigenvalue weighted by atomic mass is 19.4. The standard InChI is InChI=1S/C21H24F3N5O2/c22-21(23,24)15-4-6-16(7-5-15)27-20(30)29-11-8-17(13-29)31-19-12-18(25-14-26-19)28-9-2-1-3-10-28/h4-7,12,14,17H,1-3,8-11,13H2,(H,27,30). The molecule has 2 aliphatic heterocycles. The number of benzene rings is 1. The Bertz CT molecular complexity index is 901. The lowest BCUT2D eigenvalue weighted by Gasteiger charge is -2.27. The summed E-state index contributed by atoms with van der Waals surface area (Å²) in [6.07, 6.45) is 1.04. The first-order valence-electron chi connectivity index (χ1n) is 10.4. The zero-order valence-corrected chi connectivity index (χ0v) is 16.9. The minimum Gasteiger partial charge on any atom is -0.472 e. The van der Waals surface area contributed by atoms with Gasteiger partial charge in [0.05, 0.1) is 12.1 Å². The predicted octanol–water partition coefficient (Wildman–Crippen LogP) is 4.17. The van der Waals surface area contributed by atoms with Crippen LogP contribution in [0, 0.1) is 0 Å². The van der Waals surface area contributed by atoms with Gasteiger partial charge in [-0.3, -0.25) is 0 Å². The number of urea groups is 1. The average Bonchev–Trinajstić information content (AvgIpc) is 3.23. The molecule has 10 heteroatoms. The fourth-order valence-corrected chi connectivity index (χ4v) is 3.81. The molecular formula is C21H24F3N5O2. The van der Waals surface area contributed by atoms with E-state index in [0.717, 1.165) is 43.9 Å². The van der Waals surface area contributed by atoms with E-state index in [2.05, 4.69) is 20.2 Å². The average molecular weight is 435 g/mol. The minimum atomic E-state index is -4.41. The van der Waals surface area contributed by atoms with Crippen LogP contribution in [-0.2, 0) is 6.18 Å². The Balaban J connectivity index is 1.30. The Kier molecular flexibility index (Phi) is 6.15. The molecule has 0 aliphatic carbocycles. The van der Waals surface area contributed by atoms with Gasteiger partial charge in [0.25, 0.3) is 0 Å². The van der Waals surface area contributed by atoms with E-state index in [9.17, 15) is 18.0 Å². The van der Waals surface area contributed by atoms with Crippen molar-refractivity contribution in [2.75, 3.05) is 36.4 Å². The number of hydrogen-bond acceptors (Lipinski definition) is 5. The summed E-state index contributed by atoms with van der Waals surface area (Å²) in [5.74, 6) is 1.32. The lowest BCUT2D eigenvalue weighted by atomic mass is 10.1. The summed E-state index contributed by atoms with van der Waals surface area (Å²) in [6, 6.07) is 5.83. The number of nitrogens with one attached hydrogen (secondary N) is 1. The van der Waals surface area contributed by atoms with Crippen LogP contribution in [0.25, 0.3) is 0 Å². The van der Waals surface area contributed by atoms with Gasteiger partial charge in [0.2, 0.25) is 5.88 Å². The number of piperidine rings is 1. The number of alkyl halides is 3. The molecule has 1 aromatic heterocycles. The Morgan fingerprint density at radius 3 is 2.52 bits per heavy atom. The van der Waals surface area contributed by atoms with Crippen molar-refractivity contribution in [3.8, 4) is 5.88 Å². The summed E-state index contributed by atoms with van der Waals surface area (Å²) in [7, 11) is 0. The number of carbonyl (C=O) groups is 1. The Morgan fingerprint density at radius 2 is 1.81 bits per heavy atom. The van der Waals surface area contributed by atoms with Gasteiger partial charge in [0, 0.05) is 37.8 Å². The van der Waals surface area contributed by atoms with Gasteiger partial charge in [-0.15, -0.1) is 0 Å². The van der Waals surface area contributed by atoms with Crippen LogP contribution >= 0.6 is 0 Å². The number of rotatable bonds is 4. The summed E-state index contributed by atoms with van der Waals surface area (Å²) in [5.41, 5.74) is -0.446. The molecule has 1 atom stereocenters. The summed E-state index contributed by atoms with van der Waals surface area (Å²) in [6.45, 7) is 2.80. The molecule has 3 heterocycles. The van der Waals surface area contributed by atoms with E-state index in [1.54, 1.807) is 4.90 Å². The number of aromatic nitrogens is 2. The van der Waals surface area contributed by atoms with Crippen molar-refractivity contribution >= 4 is 17.5 Å². The molecule has 2 aromatic rings. The molecule has 2 aliphatic rings. The molecule has 1 N–H and O–H groups in total. The molecule has 0 bridgehead atoms. The van der Waals surface area contributed by atoms with Crippen LogP contribution < -0.4 is 15.0 Å². The van der Waals surface area contributed by atoms with Gasteiger partial charge in [-0.25, -0.2) is 14.8 Å². The maximum absolute atomic E-state index is 12.7. The van der Waals surface area contributed by atoms with E-state index in [-0.39, 0.29) is 12.1 Å². The van der Waals surface area contributed by atoms with Gasteiger partial charge in [0.1, 0.15) is 18.2 Å². The number of halogens is 3. The molecule has 166 valence electrons. The molecule has 0 saturated carbocycles. The summed E-state index contributed by atoms with van der Waals surface area (Å²) in [5, 5.41) is 2.63. The van der Waals surface area contributed by atoms with E-state index in [4.69, 9.17) is 4.74 Å². The van der Waals surface area contributed by atoms with Crippen molar-refractivity contribution in [3.63, 3.8) is 0 Å². The minimum absolute atomic E-state index is 0.206. The maximum Gasteiger partial charge on any atom is 0.416 e. The first-order valence-corrected chi connectivity index (χ1v) is 10.4. The number of amides is 2. The second-order valence-corrected chi connectivity index (χ2v) is 7.74. The van der Waals surface area contributed by atoms with E-state index in [0.29, 0.717) is 31.1 Å². The lowest BCUT2D eigenvalue weighted by molar-refractivity contribution is -0.137. The summed E-state index contributed by atoms with van der Waals surface area (Å²) < 4.78 is 43.9. The number of carbonyl (C=O) groups excluding carboxylic acids is 1. The topological polar surface area (TPSA) is 70.6 Å². The molecule has 2 fully saturated rings. The van der Waals surface area contributed by atoms with Crippen LogP contribution in [0.4, 0.5) is 29.5 Å². The Labute approximate surface area is 178 Å². The first kappa shape index (κ1) is 21.2. The number of anilines is 2. The van der Waals surface area contributed by atoms with Crippen LogP contribution in [0.2, 0.25) is 0 Å². The quantitative estimate of drug-likeness (QED) is 0.781. The molecule has 0 spiro atoms. The van der Waals surface area contributed by atoms with Crippen molar-refractivity contribution < 1.29 is 22.7 Å². The van der Waals surface area contributed by atoms with Gasteiger partial charge >= 0.3 is 12.2 Å². The molecule has 2 amide bonds. The third-order valence-corrected chi connectivity index (χ3v) is 5.49. The monoisotopic (exact) mass is 435 g/mol. The number of nitrogens with zero attached hydrogens (tertiary/aromatic N) is 4. The van der Waals surface area contributed by atoms with Gasteiger partial charge < -0.3 is 19.9 Å². The van der Waals surface area contributed by atoms with Crippen LogP contribution in [-0.4, -0.2) is 53.2 Å². The van der Waals surface area contributed by atoms with Crippen molar-refractivity contribution in [2.24, 2.45) is 0 Å². The number of hydrogen-bond donors (Lipinski definition) is 1. The fraction of sp³-hybridized carbons (Fsp3) is 0.476. The van der Waals surface area contributed by atoms with Crippen molar-refractivity contribution in [3.05, 3.63) is 42.2 Å². The van der Waals surface area contributed by atoms with Crippen LogP contribution in [0.15, 0.2) is 36.7 Å². The highest BCUT2D eigenvalue weighted by Crippen LogP contribution is 2.30. The zero-order chi connectivity index (χ0) is 21.8. The SMILES string of the molecule is O=C(Nc1ccc(C(F)(F)F)cc1)N1CCC(Oc2cc(N3CCCCC3)ncn2)C1. The van der Waals surface area contributed by atoms with Crippen molar-refractivity contribution in [1.29, 1.82) is 0 Å². The van der Waals surface area contributed by atoms with Gasteiger partial charge in [-0.1, -0.05) is 0 Å². The maximum atomic E-state index is 12.7. The highest BCUT2D eigenvalue weighted by molar-refractivity contribution is 5.89. The molecule has 7 nitrogen and oxygen atoms in total. The third-order valence-electron chi connectivity index (χ3n) is 5.49. The van der Waals surface area contributed by atoms with Gasteiger partial charge in [0.15, 0.2) is 0 Å². The normalized spacial score (nSPS) is 19.4. The van der Waals surface area contributed by atoms with E-state index in [1.807, 2.05) is 6.07 Å². The highest BCUT2D eigenvalue weighted by Gasteiger charge is 2.31. The smallest absolute Gasteiger partial charge is 0.416 e. The van der Waals surface area contributed by atoms with Crippen molar-refractivity contribution in [2.45, 2.75) is 38.0 Å². The largest absolute Gasteiger partial charge is 0.472 e. The Hall–Kier alpha value is -3.04. The summed E-state index contributed by atoms with van der Waals surface area (Å²) in [4.78, 5) is 24.8. The van der Waals surface area contributed by atoms with Gasteiger partial charge in [-0.05, 0) is 43.5 Å².